The number of alkyl halides is 24. The van der Waals surface area contributed by atoms with Crippen LogP contribution in [0.15, 0.2) is 164 Å². The number of halogens is 24. The summed E-state index contributed by atoms with van der Waals surface area (Å²) in [5.74, 6) is -0.288. The van der Waals surface area contributed by atoms with E-state index in [4.69, 9.17) is 0 Å². The molecular formula is C69H33F24N5. The summed E-state index contributed by atoms with van der Waals surface area (Å²) in [7, 11) is 0. The van der Waals surface area contributed by atoms with Gasteiger partial charge in [0.25, 0.3) is 0 Å². The highest BCUT2D eigenvalue weighted by atomic mass is 19.4. The standard InChI is InChI=1S/C69H33F24N5/c1-31-19-32(2)96-61(95-31)50-29-60(98-57-22-35(44-17-9-40(64(76,77)78)27-53(44)68(88,89)90)5-13-48(57)49-14-6-36(23-58(49)98)45-18-10-41(65(79,80)81)28-54(45)69(91,92)93)59(24-37(50)30-94)97-55-20-33(42-15-7-38(62(70,71)72)25-51(42)66(82,83)84)3-11-46(55)47-12-4-34(21-56(47)97)43-16-8-39(63(73,74)75)26-52(43)67(85,86)87/h3-29H,1-2H3. The Morgan fingerprint density at radius 1 is 0.286 bits per heavy atom. The zero-order chi connectivity index (χ0) is 71.3. The van der Waals surface area contributed by atoms with E-state index in [0.717, 1.165) is 94.1 Å². The van der Waals surface area contributed by atoms with Crippen molar-refractivity contribution < 1.29 is 105 Å². The topological polar surface area (TPSA) is 59.4 Å². The van der Waals surface area contributed by atoms with Gasteiger partial charge >= 0.3 is 49.4 Å². The molecular weight excluding hydrogens is 1350 g/mol. The highest BCUT2D eigenvalue weighted by Crippen LogP contribution is 2.50. The smallest absolute Gasteiger partial charge is 0.307 e. The minimum absolute atomic E-state index is 0.0745. The lowest BCUT2D eigenvalue weighted by molar-refractivity contribution is -0.144. The maximum absolute atomic E-state index is 15.1. The van der Waals surface area contributed by atoms with Gasteiger partial charge in [-0.15, -0.1) is 0 Å². The van der Waals surface area contributed by atoms with Gasteiger partial charge in [-0.05, 0) is 149 Å². The molecule has 0 radical (unpaired) electrons. The summed E-state index contributed by atoms with van der Waals surface area (Å²) in [6.07, 6.45) is -43.6. The number of aryl methyl sites for hydroxylation is 2. The normalized spacial score (nSPS) is 13.2. The van der Waals surface area contributed by atoms with Crippen LogP contribution in [0.5, 0.6) is 0 Å². The van der Waals surface area contributed by atoms with E-state index in [0.29, 0.717) is 48.5 Å². The van der Waals surface area contributed by atoms with Crippen LogP contribution in [0, 0.1) is 25.2 Å². The van der Waals surface area contributed by atoms with E-state index in [1.165, 1.54) is 19.9 Å². The van der Waals surface area contributed by atoms with E-state index in [-0.39, 0.29) is 90.7 Å². The van der Waals surface area contributed by atoms with Crippen molar-refractivity contribution in [3.05, 3.63) is 225 Å². The van der Waals surface area contributed by atoms with Crippen LogP contribution in [0.3, 0.4) is 0 Å². The second kappa shape index (κ2) is 22.8. The Morgan fingerprint density at radius 2 is 0.541 bits per heavy atom. The van der Waals surface area contributed by atoms with Gasteiger partial charge in [-0.2, -0.15) is 111 Å². The molecule has 0 saturated carbocycles. The van der Waals surface area contributed by atoms with Gasteiger partial charge in [-0.25, -0.2) is 9.97 Å². The lowest BCUT2D eigenvalue weighted by Crippen LogP contribution is -2.12. The molecule has 12 aromatic rings. The van der Waals surface area contributed by atoms with Crippen molar-refractivity contribution in [2.45, 2.75) is 63.3 Å². The Hall–Kier alpha value is -10.5. The van der Waals surface area contributed by atoms with Gasteiger partial charge in [0.05, 0.1) is 89.6 Å². The zero-order valence-corrected chi connectivity index (χ0v) is 48.9. The SMILES string of the molecule is Cc1cc(C)nc(-c2cc(-n3c4cc(-c5ccc(C(F)(F)F)cc5C(F)(F)F)ccc4c4ccc(-c5ccc(C(F)(F)F)cc5C(F)(F)F)cc43)c(-n3c4cc(-c5ccc(C(F)(F)F)cc5C(F)(F)F)ccc4c4ccc(-c5ccc(C(F)(F)F)cc5C(F)(F)F)cc43)cc2C#N)n1. The van der Waals surface area contributed by atoms with Crippen molar-refractivity contribution in [2.75, 3.05) is 0 Å². The monoisotopic (exact) mass is 1390 g/mol. The van der Waals surface area contributed by atoms with E-state index < -0.39 is 155 Å². The Kier molecular flexibility index (Phi) is 15.7. The third-order valence-corrected chi connectivity index (χ3v) is 16.3. The molecule has 0 amide bonds. The Labute approximate surface area is 533 Å². The van der Waals surface area contributed by atoms with Gasteiger partial charge in [0, 0.05) is 38.5 Å². The molecule has 9 aromatic carbocycles. The molecule has 0 atom stereocenters. The fourth-order valence-electron chi connectivity index (χ4n) is 12.1. The second-order valence-electron chi connectivity index (χ2n) is 22.6. The predicted octanol–water partition coefficient (Wildman–Crippen LogP) is 23.6. The Bertz CT molecular complexity index is 5030. The molecule has 0 saturated heterocycles. The van der Waals surface area contributed by atoms with E-state index in [1.54, 1.807) is 0 Å². The summed E-state index contributed by atoms with van der Waals surface area (Å²) in [4.78, 5) is 8.97. The van der Waals surface area contributed by atoms with Crippen LogP contribution in [0.2, 0.25) is 0 Å². The second-order valence-corrected chi connectivity index (χ2v) is 22.6. The van der Waals surface area contributed by atoms with Crippen molar-refractivity contribution in [2.24, 2.45) is 0 Å². The molecule has 0 fully saturated rings. The Balaban J connectivity index is 1.29. The van der Waals surface area contributed by atoms with Crippen molar-refractivity contribution in [3.63, 3.8) is 0 Å². The van der Waals surface area contributed by atoms with Crippen LogP contribution in [-0.4, -0.2) is 19.1 Å². The molecule has 0 unspecified atom stereocenters. The minimum atomic E-state index is -5.55. The van der Waals surface area contributed by atoms with Crippen LogP contribution in [0.4, 0.5) is 105 Å². The van der Waals surface area contributed by atoms with E-state index in [2.05, 4.69) is 9.97 Å². The van der Waals surface area contributed by atoms with Crippen molar-refractivity contribution in [1.82, 2.24) is 19.1 Å². The minimum Gasteiger partial charge on any atom is -0.307 e. The molecule has 502 valence electrons. The molecule has 0 spiro atoms. The number of nitrogens with zero attached hydrogens (tertiary/aromatic N) is 5. The van der Waals surface area contributed by atoms with Gasteiger partial charge in [0.15, 0.2) is 5.82 Å². The third-order valence-electron chi connectivity index (χ3n) is 16.3. The molecule has 3 heterocycles. The first-order valence-electron chi connectivity index (χ1n) is 28.1. The van der Waals surface area contributed by atoms with Crippen molar-refractivity contribution >= 4 is 43.6 Å². The number of rotatable bonds is 7. The van der Waals surface area contributed by atoms with E-state index >= 15 is 52.7 Å². The average Bonchev–Trinajstić information content (AvgIpc) is 1.55. The van der Waals surface area contributed by atoms with Gasteiger partial charge in [0.2, 0.25) is 0 Å². The molecule has 0 N–H and O–H groups in total. The summed E-state index contributed by atoms with van der Waals surface area (Å²) in [5.41, 5.74) is -22.8. The van der Waals surface area contributed by atoms with Gasteiger partial charge < -0.3 is 9.13 Å². The molecule has 3 aromatic heterocycles. The number of aromatic nitrogens is 4. The van der Waals surface area contributed by atoms with E-state index in [9.17, 15) is 57.9 Å². The largest absolute Gasteiger partial charge is 0.417 e. The summed E-state index contributed by atoms with van der Waals surface area (Å²) in [5, 5.41) is 10.9. The molecule has 0 bridgehead atoms. The summed E-state index contributed by atoms with van der Waals surface area (Å²) < 4.78 is 353. The number of hydrogen-bond donors (Lipinski definition) is 0. The number of benzene rings is 9. The summed E-state index contributed by atoms with van der Waals surface area (Å²) >= 11 is 0. The quantitative estimate of drug-likeness (QED) is 0.149. The first kappa shape index (κ1) is 67.5. The van der Waals surface area contributed by atoms with Crippen LogP contribution in [-0.2, 0) is 49.4 Å². The molecule has 29 heteroatoms. The predicted molar refractivity (Wildman–Crippen MR) is 312 cm³/mol. The Morgan fingerprint density at radius 3 is 0.776 bits per heavy atom. The number of nitriles is 1. The van der Waals surface area contributed by atoms with Gasteiger partial charge in [-0.3, -0.25) is 0 Å². The van der Waals surface area contributed by atoms with Crippen molar-refractivity contribution in [1.29, 1.82) is 5.26 Å². The van der Waals surface area contributed by atoms with Crippen LogP contribution in [0.1, 0.15) is 61.5 Å². The first-order chi connectivity index (χ1) is 45.4. The fourth-order valence-corrected chi connectivity index (χ4v) is 12.1. The van der Waals surface area contributed by atoms with Crippen LogP contribution >= 0.6 is 0 Å². The molecule has 12 rings (SSSR count). The molecule has 98 heavy (non-hydrogen) atoms. The maximum Gasteiger partial charge on any atom is 0.417 e. The van der Waals surface area contributed by atoms with Crippen LogP contribution in [0.25, 0.3) is 111 Å². The first-order valence-corrected chi connectivity index (χ1v) is 28.1. The molecule has 0 aliphatic heterocycles. The highest BCUT2D eigenvalue weighted by Gasteiger charge is 2.43. The molecule has 0 aliphatic carbocycles. The zero-order valence-electron chi connectivity index (χ0n) is 48.9. The number of fused-ring (bicyclic) bond motifs is 6. The number of hydrogen-bond acceptors (Lipinski definition) is 3. The average molecular weight is 1390 g/mol. The fraction of sp³-hybridized carbons (Fsp3) is 0.145. The highest BCUT2D eigenvalue weighted by molar-refractivity contribution is 6.14. The van der Waals surface area contributed by atoms with Crippen LogP contribution < -0.4 is 0 Å². The summed E-state index contributed by atoms with van der Waals surface area (Å²) in [6.45, 7) is 2.97. The summed E-state index contributed by atoms with van der Waals surface area (Å²) in [6, 6.07) is 20.6. The third kappa shape index (κ3) is 12.2. The maximum atomic E-state index is 15.1. The lowest BCUT2D eigenvalue weighted by atomic mass is 9.95. The van der Waals surface area contributed by atoms with Gasteiger partial charge in [0.1, 0.15) is 0 Å². The van der Waals surface area contributed by atoms with Crippen molar-refractivity contribution in [3.8, 4) is 73.3 Å². The van der Waals surface area contributed by atoms with Gasteiger partial charge in [-0.1, -0.05) is 72.8 Å². The molecule has 0 aliphatic rings. The van der Waals surface area contributed by atoms with E-state index in [1.807, 2.05) is 6.07 Å². The lowest BCUT2D eigenvalue weighted by Gasteiger charge is -2.21. The molecule has 5 nitrogen and oxygen atoms in total.